The number of carbonyl (C=O) groups excluding carboxylic acids is 1. The van der Waals surface area contributed by atoms with E-state index in [1.54, 1.807) is 6.20 Å². The molecule has 2 aliphatic rings. The number of carbonyl (C=O) groups is 1. The summed E-state index contributed by atoms with van der Waals surface area (Å²) >= 11 is 0. The number of benzene rings is 1. The number of alkyl halides is 2. The molecule has 4 rings (SSSR count). The number of aliphatic hydroxyl groups excluding tert-OH is 1. The molecule has 1 aromatic carbocycles. The maximum Gasteiger partial charge on any atom is 0.254 e. The SMILES string of the molecule is C=C(CN1C(=C)NC2(CCC(F)(F)CC2)C1=O)c1ccc(-c2nccnc2OCCO)cc1. The first kappa shape index (κ1) is 22.8. The zero-order valence-electron chi connectivity index (χ0n) is 18.2. The summed E-state index contributed by atoms with van der Waals surface area (Å²) in [6.45, 7) is 8.22. The fourth-order valence-corrected chi connectivity index (χ4v) is 4.24. The number of rotatable bonds is 7. The van der Waals surface area contributed by atoms with Crippen LogP contribution in [-0.4, -0.2) is 57.1 Å². The molecule has 0 atom stereocenters. The number of aromatic nitrogens is 2. The van der Waals surface area contributed by atoms with Gasteiger partial charge < -0.3 is 15.2 Å². The molecule has 33 heavy (non-hydrogen) atoms. The third kappa shape index (κ3) is 4.59. The lowest BCUT2D eigenvalue weighted by Gasteiger charge is -2.35. The van der Waals surface area contributed by atoms with Gasteiger partial charge >= 0.3 is 0 Å². The van der Waals surface area contributed by atoms with Crippen molar-refractivity contribution in [2.45, 2.75) is 37.1 Å². The Morgan fingerprint density at radius 2 is 1.82 bits per heavy atom. The van der Waals surface area contributed by atoms with E-state index >= 15 is 0 Å². The van der Waals surface area contributed by atoms with E-state index in [2.05, 4.69) is 28.4 Å². The van der Waals surface area contributed by atoms with Crippen LogP contribution in [0.5, 0.6) is 5.88 Å². The minimum Gasteiger partial charge on any atom is -0.474 e. The Hall–Kier alpha value is -3.33. The van der Waals surface area contributed by atoms with Gasteiger partial charge in [-0.25, -0.2) is 18.7 Å². The van der Waals surface area contributed by atoms with Crippen molar-refractivity contribution in [3.63, 3.8) is 0 Å². The minimum absolute atomic E-state index is 0.0777. The summed E-state index contributed by atoms with van der Waals surface area (Å²) in [5, 5.41) is 12.1. The van der Waals surface area contributed by atoms with Crippen molar-refractivity contribution in [1.29, 1.82) is 0 Å². The number of aliphatic hydroxyl groups is 1. The predicted octanol–water partition coefficient (Wildman–Crippen LogP) is 3.38. The van der Waals surface area contributed by atoms with Gasteiger partial charge in [-0.15, -0.1) is 0 Å². The topological polar surface area (TPSA) is 87.6 Å². The van der Waals surface area contributed by atoms with Crippen LogP contribution in [0.25, 0.3) is 16.8 Å². The average Bonchev–Trinajstić information content (AvgIpc) is 3.04. The van der Waals surface area contributed by atoms with Crippen LogP contribution in [0.15, 0.2) is 55.6 Å². The number of nitrogens with one attached hydrogen (secondary N) is 1. The van der Waals surface area contributed by atoms with Gasteiger partial charge in [-0.1, -0.05) is 37.4 Å². The second-order valence-electron chi connectivity index (χ2n) is 8.36. The first-order valence-electron chi connectivity index (χ1n) is 10.7. The monoisotopic (exact) mass is 456 g/mol. The molecule has 174 valence electrons. The third-order valence-electron chi connectivity index (χ3n) is 6.11. The number of hydrogen-bond donors (Lipinski definition) is 2. The Morgan fingerprint density at radius 1 is 1.15 bits per heavy atom. The molecular formula is C24H26F2N4O3. The summed E-state index contributed by atoms with van der Waals surface area (Å²) in [5.74, 6) is -2.22. The van der Waals surface area contributed by atoms with Gasteiger partial charge in [-0.2, -0.15) is 0 Å². The predicted molar refractivity (Wildman–Crippen MR) is 119 cm³/mol. The van der Waals surface area contributed by atoms with E-state index in [1.165, 1.54) is 11.1 Å². The van der Waals surface area contributed by atoms with Gasteiger partial charge in [0.15, 0.2) is 0 Å². The number of hydrogen-bond acceptors (Lipinski definition) is 6. The highest BCUT2D eigenvalue weighted by atomic mass is 19.3. The molecule has 1 aliphatic carbocycles. The molecule has 1 aliphatic heterocycles. The third-order valence-corrected chi connectivity index (χ3v) is 6.11. The Balaban J connectivity index is 1.46. The summed E-state index contributed by atoms with van der Waals surface area (Å²) in [6.07, 6.45) is 2.59. The zero-order valence-corrected chi connectivity index (χ0v) is 18.2. The maximum atomic E-state index is 13.6. The van der Waals surface area contributed by atoms with Crippen molar-refractivity contribution < 1.29 is 23.4 Å². The van der Waals surface area contributed by atoms with Crippen LogP contribution in [-0.2, 0) is 4.79 Å². The van der Waals surface area contributed by atoms with Crippen LogP contribution >= 0.6 is 0 Å². The molecule has 1 spiro atoms. The maximum absolute atomic E-state index is 13.6. The lowest BCUT2D eigenvalue weighted by molar-refractivity contribution is -0.135. The lowest BCUT2D eigenvalue weighted by atomic mass is 9.80. The molecular weight excluding hydrogens is 430 g/mol. The van der Waals surface area contributed by atoms with Crippen molar-refractivity contribution in [1.82, 2.24) is 20.2 Å². The molecule has 2 aromatic rings. The molecule has 2 fully saturated rings. The van der Waals surface area contributed by atoms with Crippen LogP contribution in [0, 0.1) is 0 Å². The van der Waals surface area contributed by atoms with E-state index in [0.29, 0.717) is 23.0 Å². The van der Waals surface area contributed by atoms with E-state index in [1.807, 2.05) is 24.3 Å². The molecule has 9 heteroatoms. The largest absolute Gasteiger partial charge is 0.474 e. The first-order valence-corrected chi connectivity index (χ1v) is 10.7. The first-order chi connectivity index (χ1) is 15.7. The molecule has 0 radical (unpaired) electrons. The fraction of sp³-hybridized carbons (Fsp3) is 0.375. The molecule has 2 N–H and O–H groups in total. The summed E-state index contributed by atoms with van der Waals surface area (Å²) in [5.41, 5.74) is 1.83. The van der Waals surface area contributed by atoms with E-state index in [4.69, 9.17) is 9.84 Å². The van der Waals surface area contributed by atoms with E-state index in [0.717, 1.165) is 11.1 Å². The van der Waals surface area contributed by atoms with Crippen molar-refractivity contribution in [3.8, 4) is 17.1 Å². The number of halogens is 2. The second-order valence-corrected chi connectivity index (χ2v) is 8.36. The number of amides is 1. The number of ether oxygens (including phenoxy) is 1. The van der Waals surface area contributed by atoms with E-state index in [-0.39, 0.29) is 51.3 Å². The molecule has 1 saturated carbocycles. The molecule has 7 nitrogen and oxygen atoms in total. The van der Waals surface area contributed by atoms with E-state index < -0.39 is 11.5 Å². The average molecular weight is 456 g/mol. The normalized spacial score (nSPS) is 18.9. The van der Waals surface area contributed by atoms with Gasteiger partial charge in [0.2, 0.25) is 11.8 Å². The molecule has 0 bridgehead atoms. The lowest BCUT2D eigenvalue weighted by Crippen LogP contribution is -2.51. The van der Waals surface area contributed by atoms with Gasteiger partial charge in [-0.05, 0) is 24.0 Å². The summed E-state index contributed by atoms with van der Waals surface area (Å²) in [7, 11) is 0. The van der Waals surface area contributed by atoms with Crippen LogP contribution < -0.4 is 10.1 Å². The summed E-state index contributed by atoms with van der Waals surface area (Å²) in [4.78, 5) is 23.1. The fourth-order valence-electron chi connectivity index (χ4n) is 4.24. The Bertz CT molecular complexity index is 1060. The highest BCUT2D eigenvalue weighted by molar-refractivity contribution is 5.92. The van der Waals surface area contributed by atoms with Crippen LogP contribution in [0.3, 0.4) is 0 Å². The Kier molecular flexibility index (Phi) is 6.16. The van der Waals surface area contributed by atoms with Crippen molar-refractivity contribution in [2.24, 2.45) is 0 Å². The van der Waals surface area contributed by atoms with Crippen molar-refractivity contribution in [3.05, 3.63) is 61.2 Å². The van der Waals surface area contributed by atoms with Gasteiger partial charge in [-0.3, -0.25) is 9.69 Å². The highest BCUT2D eigenvalue weighted by Gasteiger charge is 2.53. The quantitative estimate of drug-likeness (QED) is 0.664. The molecule has 1 aromatic heterocycles. The molecule has 0 unspecified atom stereocenters. The smallest absolute Gasteiger partial charge is 0.254 e. The van der Waals surface area contributed by atoms with Crippen LogP contribution in [0.2, 0.25) is 0 Å². The molecule has 1 saturated heterocycles. The number of nitrogens with zero attached hydrogens (tertiary/aromatic N) is 3. The minimum atomic E-state index is -2.72. The standard InChI is InChI=1S/C24H26F2N4O3/c1-16(15-30-17(2)29-23(22(30)32)7-9-24(25,26)10-8-23)18-3-5-19(6-4-18)20-21(33-14-13-31)28-12-11-27-20/h3-6,11-12,29,31H,1-2,7-10,13-15H2. The van der Waals surface area contributed by atoms with Crippen molar-refractivity contribution >= 4 is 11.5 Å². The Morgan fingerprint density at radius 3 is 2.48 bits per heavy atom. The van der Waals surface area contributed by atoms with Gasteiger partial charge in [0.05, 0.1) is 13.2 Å². The molecule has 2 heterocycles. The summed E-state index contributed by atoms with van der Waals surface area (Å²) in [6, 6.07) is 7.41. The molecule has 1 amide bonds. The van der Waals surface area contributed by atoms with Crippen LogP contribution in [0.1, 0.15) is 31.2 Å². The van der Waals surface area contributed by atoms with Crippen molar-refractivity contribution in [2.75, 3.05) is 19.8 Å². The second kappa shape index (κ2) is 8.90. The highest BCUT2D eigenvalue weighted by Crippen LogP contribution is 2.42. The Labute approximate surface area is 190 Å². The zero-order chi connectivity index (χ0) is 23.6. The van der Waals surface area contributed by atoms with Gasteiger partial charge in [0.1, 0.15) is 23.7 Å². The van der Waals surface area contributed by atoms with E-state index in [9.17, 15) is 13.6 Å². The van der Waals surface area contributed by atoms with Crippen LogP contribution in [0.4, 0.5) is 8.78 Å². The summed E-state index contributed by atoms with van der Waals surface area (Å²) < 4.78 is 32.7. The van der Waals surface area contributed by atoms with Gasteiger partial charge in [0, 0.05) is 30.8 Å². The van der Waals surface area contributed by atoms with Gasteiger partial charge in [0.25, 0.3) is 5.91 Å².